The number of alkyl halides is 3. The first-order valence-electron chi connectivity index (χ1n) is 9.48. The highest BCUT2D eigenvalue weighted by Gasteiger charge is 2.36. The van der Waals surface area contributed by atoms with Crippen molar-refractivity contribution < 1.29 is 18.0 Å². The molecule has 2 heterocycles. The molecule has 2 aromatic heterocycles. The molecule has 0 radical (unpaired) electrons. The maximum absolute atomic E-state index is 13.8. The lowest BCUT2D eigenvalue weighted by molar-refractivity contribution is -0.142. The summed E-state index contributed by atoms with van der Waals surface area (Å²) < 4.78 is 41.8. The Balaban J connectivity index is 1.69. The standard InChI is InChI=1S/C22H15Cl2F3N4O/c23-15-8-6-14(7-9-15)16-12-17(22(25,26)27)31-20(29-16)18(24)19(30-31)21(32)28-11-10-13-4-2-1-3-5-13/h1-9,12H,10-11H2,(H,28,32). The van der Waals surface area contributed by atoms with Gasteiger partial charge in [0.1, 0.15) is 5.02 Å². The molecule has 0 unspecified atom stereocenters. The van der Waals surface area contributed by atoms with Gasteiger partial charge in [0.2, 0.25) is 0 Å². The lowest BCUT2D eigenvalue weighted by Crippen LogP contribution is -2.26. The summed E-state index contributed by atoms with van der Waals surface area (Å²) in [6, 6.07) is 16.5. The summed E-state index contributed by atoms with van der Waals surface area (Å²) in [6.45, 7) is 0.266. The van der Waals surface area contributed by atoms with Crippen LogP contribution >= 0.6 is 23.2 Å². The Morgan fingerprint density at radius 2 is 1.72 bits per heavy atom. The van der Waals surface area contributed by atoms with E-state index in [2.05, 4.69) is 15.4 Å². The molecular weight excluding hydrogens is 464 g/mol. The predicted molar refractivity (Wildman–Crippen MR) is 116 cm³/mol. The first-order valence-corrected chi connectivity index (χ1v) is 10.2. The van der Waals surface area contributed by atoms with Gasteiger partial charge in [0, 0.05) is 17.1 Å². The fourth-order valence-electron chi connectivity index (χ4n) is 3.16. The third-order valence-electron chi connectivity index (χ3n) is 4.72. The highest BCUT2D eigenvalue weighted by atomic mass is 35.5. The first kappa shape index (κ1) is 22.1. The van der Waals surface area contributed by atoms with Crippen LogP contribution in [-0.4, -0.2) is 27.0 Å². The molecule has 0 spiro atoms. The maximum Gasteiger partial charge on any atom is 0.433 e. The normalized spacial score (nSPS) is 11.7. The van der Waals surface area contributed by atoms with Crippen molar-refractivity contribution in [1.29, 1.82) is 0 Å². The second kappa shape index (κ2) is 8.80. The number of hydrogen-bond acceptors (Lipinski definition) is 3. The van der Waals surface area contributed by atoms with E-state index in [0.29, 0.717) is 21.5 Å². The van der Waals surface area contributed by atoms with Gasteiger partial charge in [-0.05, 0) is 30.2 Å². The van der Waals surface area contributed by atoms with Crippen molar-refractivity contribution >= 4 is 34.8 Å². The van der Waals surface area contributed by atoms with Gasteiger partial charge in [-0.1, -0.05) is 65.7 Å². The first-order chi connectivity index (χ1) is 15.2. The van der Waals surface area contributed by atoms with Crippen LogP contribution < -0.4 is 5.32 Å². The van der Waals surface area contributed by atoms with Crippen molar-refractivity contribution in [3.8, 4) is 11.3 Å². The van der Waals surface area contributed by atoms with Crippen LogP contribution in [0.5, 0.6) is 0 Å². The van der Waals surface area contributed by atoms with E-state index in [0.717, 1.165) is 11.6 Å². The number of rotatable bonds is 5. The van der Waals surface area contributed by atoms with Crippen molar-refractivity contribution in [2.75, 3.05) is 6.54 Å². The van der Waals surface area contributed by atoms with Crippen LogP contribution in [0.15, 0.2) is 60.7 Å². The summed E-state index contributed by atoms with van der Waals surface area (Å²) in [7, 11) is 0. The average molecular weight is 479 g/mol. The van der Waals surface area contributed by atoms with Gasteiger partial charge in [-0.25, -0.2) is 9.50 Å². The van der Waals surface area contributed by atoms with Crippen LogP contribution in [-0.2, 0) is 12.6 Å². The summed E-state index contributed by atoms with van der Waals surface area (Å²) in [6.07, 6.45) is -4.21. The Morgan fingerprint density at radius 1 is 1.03 bits per heavy atom. The number of fused-ring (bicyclic) bond motifs is 1. The van der Waals surface area contributed by atoms with E-state index in [-0.39, 0.29) is 28.6 Å². The van der Waals surface area contributed by atoms with Gasteiger partial charge >= 0.3 is 6.18 Å². The molecule has 0 atom stereocenters. The molecule has 0 aliphatic carbocycles. The molecule has 0 aliphatic rings. The Hall–Kier alpha value is -3.10. The van der Waals surface area contributed by atoms with Crippen molar-refractivity contribution in [3.63, 3.8) is 0 Å². The van der Waals surface area contributed by atoms with Gasteiger partial charge in [-0.3, -0.25) is 4.79 Å². The van der Waals surface area contributed by atoms with Crippen LogP contribution in [0.1, 0.15) is 21.7 Å². The van der Waals surface area contributed by atoms with E-state index >= 15 is 0 Å². The molecule has 0 saturated heterocycles. The van der Waals surface area contributed by atoms with Crippen molar-refractivity contribution in [1.82, 2.24) is 19.9 Å². The summed E-state index contributed by atoms with van der Waals surface area (Å²) in [4.78, 5) is 16.8. The number of nitrogens with one attached hydrogen (secondary N) is 1. The predicted octanol–water partition coefficient (Wildman–Crippen LogP) is 5.69. The minimum Gasteiger partial charge on any atom is -0.350 e. The number of carbonyl (C=O) groups excluding carboxylic acids is 1. The fourth-order valence-corrected chi connectivity index (χ4v) is 3.53. The SMILES string of the molecule is O=C(NCCc1ccccc1)c1nn2c(C(F)(F)F)cc(-c3ccc(Cl)cc3)nc2c1Cl. The van der Waals surface area contributed by atoms with Gasteiger partial charge in [-0.15, -0.1) is 0 Å². The number of benzene rings is 2. The van der Waals surface area contributed by atoms with Crippen LogP contribution in [0, 0.1) is 0 Å². The molecule has 0 aliphatic heterocycles. The van der Waals surface area contributed by atoms with Crippen molar-refractivity contribution in [2.24, 2.45) is 0 Å². The van der Waals surface area contributed by atoms with E-state index < -0.39 is 17.8 Å². The van der Waals surface area contributed by atoms with Gasteiger partial charge < -0.3 is 5.32 Å². The summed E-state index contributed by atoms with van der Waals surface area (Å²) in [5.41, 5.74) is -0.251. The minimum atomic E-state index is -4.75. The zero-order valence-corrected chi connectivity index (χ0v) is 17.8. The third kappa shape index (κ3) is 4.56. The summed E-state index contributed by atoms with van der Waals surface area (Å²) in [5.74, 6) is -0.683. The second-order valence-corrected chi connectivity index (χ2v) is 7.74. The van der Waals surface area contributed by atoms with E-state index in [1.807, 2.05) is 30.3 Å². The molecular formula is C22H15Cl2F3N4O. The molecule has 4 aromatic rings. The number of halogens is 5. The van der Waals surface area contributed by atoms with Crippen molar-refractivity contribution in [2.45, 2.75) is 12.6 Å². The molecule has 4 rings (SSSR count). The Labute approximate surface area is 190 Å². The second-order valence-electron chi connectivity index (χ2n) is 6.92. The van der Waals surface area contributed by atoms with E-state index in [1.54, 1.807) is 24.3 Å². The van der Waals surface area contributed by atoms with Crippen LogP contribution in [0.4, 0.5) is 13.2 Å². The minimum absolute atomic E-state index is 0.0272. The molecule has 5 nitrogen and oxygen atoms in total. The molecule has 10 heteroatoms. The van der Waals surface area contributed by atoms with E-state index in [1.165, 1.54) is 0 Å². The molecule has 0 fully saturated rings. The molecule has 1 amide bonds. The number of amides is 1. The number of aromatic nitrogens is 3. The molecule has 1 N–H and O–H groups in total. The largest absolute Gasteiger partial charge is 0.433 e. The molecule has 2 aromatic carbocycles. The maximum atomic E-state index is 13.8. The molecule has 164 valence electrons. The van der Waals surface area contributed by atoms with E-state index in [4.69, 9.17) is 23.2 Å². The monoisotopic (exact) mass is 478 g/mol. The molecule has 0 saturated carbocycles. The van der Waals surface area contributed by atoms with Crippen LogP contribution in [0.2, 0.25) is 10.0 Å². The van der Waals surface area contributed by atoms with E-state index in [9.17, 15) is 18.0 Å². The quantitative estimate of drug-likeness (QED) is 0.400. The highest BCUT2D eigenvalue weighted by Crippen LogP contribution is 2.34. The smallest absolute Gasteiger partial charge is 0.350 e. The van der Waals surface area contributed by atoms with Gasteiger partial charge in [-0.2, -0.15) is 18.3 Å². The van der Waals surface area contributed by atoms with Gasteiger partial charge in [0.05, 0.1) is 5.69 Å². The van der Waals surface area contributed by atoms with Gasteiger partial charge in [0.15, 0.2) is 17.0 Å². The highest BCUT2D eigenvalue weighted by molar-refractivity contribution is 6.36. The fraction of sp³-hybridized carbons (Fsp3) is 0.136. The Bertz CT molecular complexity index is 1270. The number of hydrogen-bond donors (Lipinski definition) is 1. The van der Waals surface area contributed by atoms with Crippen molar-refractivity contribution in [3.05, 3.63) is 87.7 Å². The topological polar surface area (TPSA) is 59.3 Å². The van der Waals surface area contributed by atoms with Crippen LogP contribution in [0.3, 0.4) is 0 Å². The number of carbonyl (C=O) groups is 1. The lowest BCUT2D eigenvalue weighted by atomic mass is 10.1. The number of nitrogens with zero attached hydrogens (tertiary/aromatic N) is 3. The molecule has 0 bridgehead atoms. The zero-order valence-electron chi connectivity index (χ0n) is 16.3. The van der Waals surface area contributed by atoms with Crippen LogP contribution in [0.25, 0.3) is 16.9 Å². The average Bonchev–Trinajstić information content (AvgIpc) is 3.10. The zero-order chi connectivity index (χ0) is 22.9. The lowest BCUT2D eigenvalue weighted by Gasteiger charge is -2.11. The summed E-state index contributed by atoms with van der Waals surface area (Å²) >= 11 is 12.1. The Morgan fingerprint density at radius 3 is 2.38 bits per heavy atom. The Kier molecular flexibility index (Phi) is 6.08. The summed E-state index contributed by atoms with van der Waals surface area (Å²) in [5, 5.41) is 6.63. The van der Waals surface area contributed by atoms with Gasteiger partial charge in [0.25, 0.3) is 5.91 Å². The molecule has 32 heavy (non-hydrogen) atoms. The third-order valence-corrected chi connectivity index (χ3v) is 5.32.